The Balaban J connectivity index is 1.29. The van der Waals surface area contributed by atoms with Crippen molar-refractivity contribution in [2.24, 2.45) is 7.05 Å². The number of rotatable bonds is 8. The SMILES string of the molecule is Cn1cc(Cc2cn(CC(=O)N3CCN(c4ccc(C(F)(F)F)cn4)CC3)c(SCc3ccc(F)cc3)nc2=O)cn1. The van der Waals surface area contributed by atoms with E-state index in [1.807, 2.05) is 4.90 Å². The zero-order valence-corrected chi connectivity index (χ0v) is 23.4. The van der Waals surface area contributed by atoms with Crippen molar-refractivity contribution in [3.63, 3.8) is 0 Å². The van der Waals surface area contributed by atoms with Crippen LogP contribution in [-0.4, -0.2) is 61.3 Å². The van der Waals surface area contributed by atoms with E-state index in [4.69, 9.17) is 0 Å². The highest BCUT2D eigenvalue weighted by Gasteiger charge is 2.31. The number of hydrogen-bond acceptors (Lipinski definition) is 7. The van der Waals surface area contributed by atoms with Gasteiger partial charge in [-0.05, 0) is 35.4 Å². The van der Waals surface area contributed by atoms with E-state index in [9.17, 15) is 27.2 Å². The summed E-state index contributed by atoms with van der Waals surface area (Å²) in [6, 6.07) is 8.35. The average Bonchev–Trinajstić information content (AvgIpc) is 3.38. The zero-order chi connectivity index (χ0) is 29.9. The van der Waals surface area contributed by atoms with Gasteiger partial charge in [-0.15, -0.1) is 0 Å². The number of aromatic nitrogens is 5. The van der Waals surface area contributed by atoms with E-state index < -0.39 is 17.3 Å². The Labute approximate surface area is 242 Å². The Morgan fingerprint density at radius 2 is 1.71 bits per heavy atom. The van der Waals surface area contributed by atoms with E-state index >= 15 is 0 Å². The molecule has 1 aromatic carbocycles. The molecule has 14 heteroatoms. The molecule has 1 aliphatic heterocycles. The summed E-state index contributed by atoms with van der Waals surface area (Å²) in [4.78, 5) is 38.0. The number of anilines is 1. The monoisotopic (exact) mass is 601 g/mol. The summed E-state index contributed by atoms with van der Waals surface area (Å²) in [5, 5.41) is 4.50. The molecule has 0 bridgehead atoms. The molecule has 0 unspecified atom stereocenters. The first-order chi connectivity index (χ1) is 20.0. The summed E-state index contributed by atoms with van der Waals surface area (Å²) in [7, 11) is 1.78. The predicted molar refractivity (Wildman–Crippen MR) is 149 cm³/mol. The number of carbonyl (C=O) groups excluding carboxylic acids is 1. The number of alkyl halides is 3. The highest BCUT2D eigenvalue weighted by molar-refractivity contribution is 7.98. The number of piperazine rings is 1. The molecule has 0 radical (unpaired) electrons. The van der Waals surface area contributed by atoms with Crippen LogP contribution in [0, 0.1) is 5.82 Å². The third-order valence-corrected chi connectivity index (χ3v) is 7.86. The number of amides is 1. The van der Waals surface area contributed by atoms with E-state index in [-0.39, 0.29) is 18.3 Å². The number of hydrogen-bond donors (Lipinski definition) is 0. The first-order valence-corrected chi connectivity index (χ1v) is 14.0. The molecule has 0 aliphatic carbocycles. The molecule has 1 saturated heterocycles. The van der Waals surface area contributed by atoms with Crippen LogP contribution in [0.3, 0.4) is 0 Å². The van der Waals surface area contributed by atoms with Crippen molar-refractivity contribution in [2.45, 2.75) is 30.1 Å². The lowest BCUT2D eigenvalue weighted by Crippen LogP contribution is -2.50. The minimum absolute atomic E-state index is 0.0579. The van der Waals surface area contributed by atoms with Crippen LogP contribution in [0.2, 0.25) is 0 Å². The van der Waals surface area contributed by atoms with Crippen LogP contribution in [0.25, 0.3) is 0 Å². The molecule has 1 fully saturated rings. The van der Waals surface area contributed by atoms with Crippen LogP contribution in [0.5, 0.6) is 0 Å². The van der Waals surface area contributed by atoms with Gasteiger partial charge in [-0.3, -0.25) is 14.3 Å². The van der Waals surface area contributed by atoms with Gasteiger partial charge >= 0.3 is 6.18 Å². The summed E-state index contributed by atoms with van der Waals surface area (Å²) in [5.74, 6) is 0.302. The number of thioether (sulfide) groups is 1. The van der Waals surface area contributed by atoms with Crippen molar-refractivity contribution >= 4 is 23.5 Å². The third-order valence-electron chi connectivity index (χ3n) is 6.80. The van der Waals surface area contributed by atoms with Gasteiger partial charge in [0, 0.05) is 69.6 Å². The van der Waals surface area contributed by atoms with Crippen molar-refractivity contribution in [1.29, 1.82) is 0 Å². The van der Waals surface area contributed by atoms with E-state index in [0.29, 0.717) is 54.9 Å². The molecular weight excluding hydrogens is 574 g/mol. The molecule has 42 heavy (non-hydrogen) atoms. The van der Waals surface area contributed by atoms with E-state index in [2.05, 4.69) is 15.1 Å². The quantitative estimate of drug-likeness (QED) is 0.173. The second-order valence-electron chi connectivity index (χ2n) is 9.87. The lowest BCUT2D eigenvalue weighted by molar-refractivity contribution is -0.138. The largest absolute Gasteiger partial charge is 0.417 e. The fraction of sp³-hybridized carbons (Fsp3) is 0.321. The van der Waals surface area contributed by atoms with Crippen LogP contribution in [0.4, 0.5) is 23.4 Å². The Morgan fingerprint density at radius 3 is 2.33 bits per heavy atom. The Hall–Kier alpha value is -4.20. The first-order valence-electron chi connectivity index (χ1n) is 13.1. The zero-order valence-electron chi connectivity index (χ0n) is 22.6. The summed E-state index contributed by atoms with van der Waals surface area (Å²) in [6.07, 6.45) is 1.77. The standard InChI is InChI=1S/C28H27F4N7O2S/c1-36-15-20(13-34-36)12-21-16-39(27(35-26(21)41)42-18-19-2-5-23(29)6-3-19)17-25(40)38-10-8-37(9-11-38)24-7-4-22(14-33-24)28(30,31)32/h2-7,13-16H,8-12,17-18H2,1H3. The van der Waals surface area contributed by atoms with E-state index in [1.54, 1.807) is 51.9 Å². The van der Waals surface area contributed by atoms with Gasteiger partial charge in [-0.25, -0.2) is 9.37 Å². The molecule has 0 saturated carbocycles. The molecule has 0 N–H and O–H groups in total. The molecule has 1 aliphatic rings. The molecule has 0 spiro atoms. The lowest BCUT2D eigenvalue weighted by atomic mass is 10.1. The van der Waals surface area contributed by atoms with Crippen LogP contribution in [0.15, 0.2) is 71.1 Å². The Bertz CT molecular complexity index is 1600. The topological polar surface area (TPSA) is 89.2 Å². The lowest BCUT2D eigenvalue weighted by Gasteiger charge is -2.35. The normalized spacial score (nSPS) is 13.9. The second kappa shape index (κ2) is 12.3. The van der Waals surface area contributed by atoms with E-state index in [0.717, 1.165) is 23.4 Å². The van der Waals surface area contributed by atoms with Crippen LogP contribution >= 0.6 is 11.8 Å². The summed E-state index contributed by atoms with van der Waals surface area (Å²) < 4.78 is 55.3. The van der Waals surface area contributed by atoms with Gasteiger partial charge < -0.3 is 14.4 Å². The van der Waals surface area contributed by atoms with Gasteiger partial charge in [0.1, 0.15) is 18.2 Å². The average molecular weight is 602 g/mol. The fourth-order valence-corrected chi connectivity index (χ4v) is 5.47. The molecule has 3 aromatic heterocycles. The number of nitrogens with zero attached hydrogens (tertiary/aromatic N) is 7. The molecular formula is C28H27F4N7O2S. The second-order valence-corrected chi connectivity index (χ2v) is 10.8. The summed E-state index contributed by atoms with van der Waals surface area (Å²) in [6.45, 7) is 1.47. The van der Waals surface area contributed by atoms with Crippen LogP contribution < -0.4 is 10.5 Å². The molecule has 5 rings (SSSR count). The number of carbonyl (C=O) groups is 1. The summed E-state index contributed by atoms with van der Waals surface area (Å²) in [5.41, 5.74) is 0.864. The molecule has 220 valence electrons. The van der Waals surface area contributed by atoms with Crippen LogP contribution in [-0.2, 0) is 36.7 Å². The summed E-state index contributed by atoms with van der Waals surface area (Å²) >= 11 is 1.27. The molecule has 4 aromatic rings. The van der Waals surface area contributed by atoms with Gasteiger partial charge in [-0.2, -0.15) is 23.3 Å². The maximum Gasteiger partial charge on any atom is 0.417 e. The number of halogens is 4. The Morgan fingerprint density at radius 1 is 0.976 bits per heavy atom. The van der Waals surface area contributed by atoms with Gasteiger partial charge in [0.05, 0.1) is 11.8 Å². The Kier molecular flexibility index (Phi) is 8.61. The molecule has 4 heterocycles. The number of pyridine rings is 1. The molecule has 1 amide bonds. The molecule has 9 nitrogen and oxygen atoms in total. The maximum absolute atomic E-state index is 13.4. The molecule has 0 atom stereocenters. The van der Waals surface area contributed by atoms with Gasteiger partial charge in [0.15, 0.2) is 5.16 Å². The minimum atomic E-state index is -4.46. The van der Waals surface area contributed by atoms with Crippen molar-refractivity contribution in [1.82, 2.24) is 29.2 Å². The highest BCUT2D eigenvalue weighted by Crippen LogP contribution is 2.29. The number of benzene rings is 1. The maximum atomic E-state index is 13.4. The van der Waals surface area contributed by atoms with Gasteiger partial charge in [-0.1, -0.05) is 23.9 Å². The van der Waals surface area contributed by atoms with Crippen molar-refractivity contribution in [3.8, 4) is 0 Å². The van der Waals surface area contributed by atoms with Crippen molar-refractivity contribution in [3.05, 3.63) is 99.6 Å². The predicted octanol–water partition coefficient (Wildman–Crippen LogP) is 3.76. The highest BCUT2D eigenvalue weighted by atomic mass is 32.2. The minimum Gasteiger partial charge on any atom is -0.353 e. The third kappa shape index (κ3) is 7.16. The van der Waals surface area contributed by atoms with Gasteiger partial charge in [0.2, 0.25) is 5.91 Å². The van der Waals surface area contributed by atoms with Crippen molar-refractivity contribution in [2.75, 3.05) is 31.1 Å². The van der Waals surface area contributed by atoms with Crippen LogP contribution in [0.1, 0.15) is 22.3 Å². The van der Waals surface area contributed by atoms with E-state index in [1.165, 1.54) is 30.0 Å². The van der Waals surface area contributed by atoms with Gasteiger partial charge in [0.25, 0.3) is 5.56 Å². The smallest absolute Gasteiger partial charge is 0.353 e. The van der Waals surface area contributed by atoms with Crippen molar-refractivity contribution < 1.29 is 22.4 Å². The fourth-order valence-electron chi connectivity index (χ4n) is 4.55. The first kappa shape index (κ1) is 29.3. The number of aryl methyl sites for hydroxylation is 1.